The van der Waals surface area contributed by atoms with Gasteiger partial charge in [0.1, 0.15) is 41.9 Å². The minimum atomic E-state index is -1.34. The Morgan fingerprint density at radius 2 is 1.92 bits per heavy atom. The van der Waals surface area contributed by atoms with E-state index in [1.54, 1.807) is 31.0 Å². The van der Waals surface area contributed by atoms with E-state index in [0.29, 0.717) is 30.9 Å². The summed E-state index contributed by atoms with van der Waals surface area (Å²) in [5, 5.41) is 12.1. The van der Waals surface area contributed by atoms with Crippen molar-refractivity contribution in [1.82, 2.24) is 24.4 Å². The monoisotopic (exact) mass is 660 g/mol. The first kappa shape index (κ1) is 33.2. The molecule has 5 heterocycles. The van der Waals surface area contributed by atoms with Gasteiger partial charge in [0.15, 0.2) is 11.5 Å². The molecule has 1 N–H and O–H groups in total. The molecule has 1 saturated heterocycles. The molecule has 1 amide bonds. The molecule has 13 heteroatoms. The van der Waals surface area contributed by atoms with Gasteiger partial charge in [0.05, 0.1) is 28.4 Å². The minimum Gasteiger partial charge on any atom is -0.490 e. The fourth-order valence-electron chi connectivity index (χ4n) is 6.47. The van der Waals surface area contributed by atoms with E-state index >= 15 is 8.78 Å². The van der Waals surface area contributed by atoms with Crippen LogP contribution >= 0.6 is 0 Å². The Morgan fingerprint density at radius 3 is 2.60 bits per heavy atom. The largest absolute Gasteiger partial charge is 0.490 e. The SMILES string of the molecule is C=CC(=O)N1CCN(c2nc(=O)n3c4nc(c(F)cc24)-c2c(F)cccc2OCC(OC(C)C)C(O)c2ccnc(C(C)C)c2-3)[C@@H](C)C1. The number of fused-ring (bicyclic) bond motifs is 5. The van der Waals surface area contributed by atoms with Crippen LogP contribution < -0.4 is 15.3 Å². The Hall–Kier alpha value is -4.75. The third-order valence-electron chi connectivity index (χ3n) is 8.67. The summed E-state index contributed by atoms with van der Waals surface area (Å²) in [5.41, 5.74) is -0.403. The van der Waals surface area contributed by atoms with Crippen molar-refractivity contribution in [3.8, 4) is 22.7 Å². The van der Waals surface area contributed by atoms with Crippen LogP contribution in [0.5, 0.6) is 5.75 Å². The topological polar surface area (TPSA) is 123 Å². The van der Waals surface area contributed by atoms with E-state index in [1.165, 1.54) is 34.9 Å². The molecule has 4 aromatic rings. The van der Waals surface area contributed by atoms with Crippen molar-refractivity contribution in [3.05, 3.63) is 82.6 Å². The summed E-state index contributed by atoms with van der Waals surface area (Å²) in [6, 6.07) is 6.56. The van der Waals surface area contributed by atoms with Gasteiger partial charge in [0.25, 0.3) is 0 Å². The average Bonchev–Trinajstić information content (AvgIpc) is 3.05. The number of hydrogen-bond acceptors (Lipinski definition) is 9. The lowest BCUT2D eigenvalue weighted by Crippen LogP contribution is -2.54. The van der Waals surface area contributed by atoms with Crippen molar-refractivity contribution in [2.45, 2.75) is 64.9 Å². The number of carbonyl (C=O) groups is 1. The first-order valence-corrected chi connectivity index (χ1v) is 16.0. The molecule has 6 rings (SSSR count). The highest BCUT2D eigenvalue weighted by atomic mass is 19.1. The molecule has 252 valence electrons. The van der Waals surface area contributed by atoms with Gasteiger partial charge in [-0.2, -0.15) is 4.98 Å². The fraction of sp³-hybridized carbons (Fsp3) is 0.400. The number of aliphatic hydroxyl groups excluding tert-OH is 1. The number of hydrogen-bond donors (Lipinski definition) is 1. The number of aromatic nitrogens is 4. The third-order valence-corrected chi connectivity index (χ3v) is 8.67. The maximum atomic E-state index is 16.4. The summed E-state index contributed by atoms with van der Waals surface area (Å²) >= 11 is 0. The van der Waals surface area contributed by atoms with E-state index in [4.69, 9.17) is 9.47 Å². The lowest BCUT2D eigenvalue weighted by molar-refractivity contribution is -0.126. The van der Waals surface area contributed by atoms with E-state index in [0.717, 1.165) is 0 Å². The van der Waals surface area contributed by atoms with E-state index in [1.807, 2.05) is 25.7 Å². The predicted octanol–water partition coefficient (Wildman–Crippen LogP) is 4.69. The van der Waals surface area contributed by atoms with Crippen LogP contribution in [0.2, 0.25) is 0 Å². The molecule has 1 aromatic carbocycles. The van der Waals surface area contributed by atoms with Gasteiger partial charge in [-0.15, -0.1) is 0 Å². The zero-order valence-electron chi connectivity index (χ0n) is 27.5. The lowest BCUT2D eigenvalue weighted by Gasteiger charge is -2.40. The second-order valence-corrected chi connectivity index (χ2v) is 12.7. The Kier molecular flexibility index (Phi) is 9.01. The van der Waals surface area contributed by atoms with Crippen LogP contribution in [0.25, 0.3) is 28.0 Å². The summed E-state index contributed by atoms with van der Waals surface area (Å²) in [5.74, 6) is -1.96. The summed E-state index contributed by atoms with van der Waals surface area (Å²) in [6.45, 7) is 13.5. The van der Waals surface area contributed by atoms with Crippen molar-refractivity contribution >= 4 is 22.8 Å². The third kappa shape index (κ3) is 5.81. The standard InChI is InChI=1S/C35H38F2N6O5/c1-7-27(44)41-13-14-42(20(6)16-41)33-22-15-24(37)30-28-23(36)9-8-10-25(28)47-17-26(48-19(4)5)32(45)21-11-12-38-29(18(2)3)31(21)43(34(22)39-30)35(46)40-33/h7-12,15,18-20,26,32,45H,1,13-14,16-17H2,2-6H3/t20-,26?,32?/m0/s1. The molecule has 1 fully saturated rings. The number of carbonyl (C=O) groups excluding carboxylic acids is 1. The normalized spacial score (nSPS) is 19.5. The number of anilines is 1. The van der Waals surface area contributed by atoms with Crippen molar-refractivity contribution in [2.75, 3.05) is 31.1 Å². The number of nitrogens with zero attached hydrogens (tertiary/aromatic N) is 6. The highest BCUT2D eigenvalue weighted by Gasteiger charge is 2.34. The molecule has 0 aliphatic carbocycles. The van der Waals surface area contributed by atoms with E-state index in [9.17, 15) is 14.7 Å². The molecule has 3 atom stereocenters. The van der Waals surface area contributed by atoms with Crippen LogP contribution in [-0.2, 0) is 9.53 Å². The number of rotatable bonds is 5. The first-order chi connectivity index (χ1) is 22.9. The molecule has 2 aliphatic heterocycles. The van der Waals surface area contributed by atoms with Crippen LogP contribution in [-0.4, -0.2) is 79.9 Å². The maximum Gasteiger partial charge on any atom is 0.355 e. The smallest absolute Gasteiger partial charge is 0.355 e. The van der Waals surface area contributed by atoms with Crippen LogP contribution in [0.3, 0.4) is 0 Å². The summed E-state index contributed by atoms with van der Waals surface area (Å²) < 4.78 is 45.4. The number of piperazine rings is 1. The summed E-state index contributed by atoms with van der Waals surface area (Å²) in [7, 11) is 0. The number of halogens is 2. The minimum absolute atomic E-state index is 0.0106. The Balaban J connectivity index is 1.71. The Morgan fingerprint density at radius 1 is 1.15 bits per heavy atom. The molecule has 0 spiro atoms. The zero-order valence-corrected chi connectivity index (χ0v) is 27.5. The maximum absolute atomic E-state index is 16.4. The molecule has 2 unspecified atom stereocenters. The molecule has 48 heavy (non-hydrogen) atoms. The fourth-order valence-corrected chi connectivity index (χ4v) is 6.47. The number of aliphatic hydroxyl groups is 1. The van der Waals surface area contributed by atoms with E-state index in [2.05, 4.69) is 21.5 Å². The molecule has 2 bridgehead atoms. The van der Waals surface area contributed by atoms with Gasteiger partial charge >= 0.3 is 5.69 Å². The molecule has 0 saturated carbocycles. The quantitative estimate of drug-likeness (QED) is 0.304. The van der Waals surface area contributed by atoms with Gasteiger partial charge in [-0.05, 0) is 57.0 Å². The summed E-state index contributed by atoms with van der Waals surface area (Å²) in [6.07, 6.45) is 0.134. The predicted molar refractivity (Wildman–Crippen MR) is 176 cm³/mol. The molecule has 0 radical (unpaired) electrons. The first-order valence-electron chi connectivity index (χ1n) is 16.0. The van der Waals surface area contributed by atoms with Gasteiger partial charge in [0, 0.05) is 37.4 Å². The van der Waals surface area contributed by atoms with Crippen LogP contribution in [0, 0.1) is 11.6 Å². The van der Waals surface area contributed by atoms with Crippen LogP contribution in [0.1, 0.15) is 57.9 Å². The summed E-state index contributed by atoms with van der Waals surface area (Å²) in [4.78, 5) is 44.0. The number of ether oxygens (including phenoxy) is 2. The number of pyridine rings is 2. The van der Waals surface area contributed by atoms with Gasteiger partial charge in [-0.1, -0.05) is 26.5 Å². The van der Waals surface area contributed by atoms with E-state index < -0.39 is 29.5 Å². The lowest BCUT2D eigenvalue weighted by atomic mass is 9.97. The van der Waals surface area contributed by atoms with Crippen molar-refractivity contribution in [2.24, 2.45) is 0 Å². The zero-order chi connectivity index (χ0) is 34.4. The highest BCUT2D eigenvalue weighted by Crippen LogP contribution is 2.39. The molecule has 3 aromatic heterocycles. The molecular formula is C35H38F2N6O5. The van der Waals surface area contributed by atoms with Crippen LogP contribution in [0.4, 0.5) is 14.6 Å². The van der Waals surface area contributed by atoms with Gasteiger partial charge in [-0.3, -0.25) is 9.78 Å². The van der Waals surface area contributed by atoms with Crippen molar-refractivity contribution in [1.29, 1.82) is 0 Å². The van der Waals surface area contributed by atoms with Crippen molar-refractivity contribution in [3.63, 3.8) is 0 Å². The van der Waals surface area contributed by atoms with Gasteiger partial charge < -0.3 is 24.4 Å². The highest BCUT2D eigenvalue weighted by molar-refractivity contribution is 5.91. The Labute approximate surface area is 276 Å². The second kappa shape index (κ2) is 13.0. The van der Waals surface area contributed by atoms with Gasteiger partial charge in [-0.25, -0.2) is 23.1 Å². The second-order valence-electron chi connectivity index (χ2n) is 12.7. The van der Waals surface area contributed by atoms with Crippen LogP contribution in [0.15, 0.2) is 54.0 Å². The van der Waals surface area contributed by atoms with Gasteiger partial charge in [0.2, 0.25) is 5.91 Å². The van der Waals surface area contributed by atoms with Crippen molar-refractivity contribution < 1.29 is 28.2 Å². The molecule has 11 nitrogen and oxygen atoms in total. The number of amides is 1. The number of benzene rings is 1. The Bertz CT molecular complexity index is 1960. The average molecular weight is 661 g/mol. The molecular weight excluding hydrogens is 622 g/mol. The van der Waals surface area contributed by atoms with E-state index in [-0.39, 0.29) is 70.1 Å². The molecule has 2 aliphatic rings.